The topological polar surface area (TPSA) is 126 Å². The Morgan fingerprint density at radius 1 is 1.58 bits per heavy atom. The molecule has 0 radical (unpaired) electrons. The number of aliphatic hydroxyl groups is 2. The highest BCUT2D eigenvalue weighted by molar-refractivity contribution is 5.86. The summed E-state index contributed by atoms with van der Waals surface area (Å²) in [5, 5.41) is 23.9. The van der Waals surface area contributed by atoms with E-state index in [0.29, 0.717) is 6.42 Å². The Kier molecular flexibility index (Phi) is 1.82. The van der Waals surface area contributed by atoms with Crippen LogP contribution < -0.4 is 11.1 Å². The molecule has 1 aliphatic carbocycles. The van der Waals surface area contributed by atoms with E-state index in [1.807, 2.05) is 0 Å². The molecule has 104 valence electrons. The molecule has 8 heteroatoms. The zero-order valence-corrected chi connectivity index (χ0v) is 10.2. The number of ether oxygens (including phenoxy) is 2. The van der Waals surface area contributed by atoms with Gasteiger partial charge in [-0.3, -0.25) is 0 Å². The molecule has 0 aromatic heterocycles. The van der Waals surface area contributed by atoms with Crippen LogP contribution in [0.3, 0.4) is 0 Å². The fourth-order valence-electron chi connectivity index (χ4n) is 3.95. The molecule has 19 heavy (non-hydrogen) atoms. The zero-order chi connectivity index (χ0) is 13.6. The Balaban J connectivity index is 1.92. The van der Waals surface area contributed by atoms with E-state index in [-0.39, 0.29) is 11.9 Å². The average molecular weight is 269 g/mol. The number of hydrogen-bond donors (Lipinski definition) is 4. The van der Waals surface area contributed by atoms with Gasteiger partial charge < -0.3 is 30.7 Å². The number of carbonyl (C=O) groups excluding carboxylic acids is 1. The summed E-state index contributed by atoms with van der Waals surface area (Å²) in [7, 11) is 0. The van der Waals surface area contributed by atoms with Crippen LogP contribution in [-0.2, 0) is 14.3 Å². The lowest BCUT2D eigenvalue weighted by molar-refractivity contribution is -0.238. The smallest absolute Gasteiger partial charge is 0.338 e. The fraction of sp³-hybridized carbons (Fsp3) is 0.818. The van der Waals surface area contributed by atoms with Gasteiger partial charge in [-0.05, 0) is 13.3 Å². The summed E-state index contributed by atoms with van der Waals surface area (Å²) in [6.07, 6.45) is -3.36. The quantitative estimate of drug-likeness (QED) is 0.356. The summed E-state index contributed by atoms with van der Waals surface area (Å²) in [5.74, 6) is -0.781. The summed E-state index contributed by atoms with van der Waals surface area (Å²) < 4.78 is 10.7. The lowest BCUT2D eigenvalue weighted by Crippen LogP contribution is -2.80. The van der Waals surface area contributed by atoms with Gasteiger partial charge in [0, 0.05) is 5.92 Å². The lowest BCUT2D eigenvalue weighted by atomic mass is 9.61. The molecule has 8 nitrogen and oxygen atoms in total. The maximum absolute atomic E-state index is 12.0. The Bertz CT molecular complexity index is 507. The Morgan fingerprint density at radius 2 is 2.32 bits per heavy atom. The number of guanidine groups is 1. The van der Waals surface area contributed by atoms with E-state index in [9.17, 15) is 15.0 Å². The highest BCUT2D eigenvalue weighted by Crippen LogP contribution is 2.54. The average Bonchev–Trinajstić information content (AvgIpc) is 2.53. The van der Waals surface area contributed by atoms with Crippen LogP contribution in [0.15, 0.2) is 4.99 Å². The largest absolute Gasteiger partial charge is 0.454 e. The van der Waals surface area contributed by atoms with Crippen molar-refractivity contribution in [3.05, 3.63) is 0 Å². The first-order valence-electron chi connectivity index (χ1n) is 6.24. The molecule has 5 N–H and O–H groups in total. The summed E-state index contributed by atoms with van der Waals surface area (Å²) in [4.78, 5) is 16.1. The van der Waals surface area contributed by atoms with Crippen LogP contribution in [0.25, 0.3) is 0 Å². The molecule has 0 aromatic carbocycles. The number of nitrogens with one attached hydrogen (secondary N) is 1. The van der Waals surface area contributed by atoms with Crippen molar-refractivity contribution in [2.24, 2.45) is 16.6 Å². The predicted molar refractivity (Wildman–Crippen MR) is 60.8 cm³/mol. The number of fused-ring (bicyclic) bond motifs is 1. The van der Waals surface area contributed by atoms with Crippen molar-refractivity contribution in [2.45, 2.75) is 49.0 Å². The van der Waals surface area contributed by atoms with Gasteiger partial charge in [0.2, 0.25) is 0 Å². The summed E-state index contributed by atoms with van der Waals surface area (Å²) in [6, 6.07) is 0. The van der Waals surface area contributed by atoms with Gasteiger partial charge in [-0.15, -0.1) is 0 Å². The molecule has 3 heterocycles. The van der Waals surface area contributed by atoms with Gasteiger partial charge in [0.15, 0.2) is 24.4 Å². The van der Waals surface area contributed by atoms with Crippen molar-refractivity contribution in [2.75, 3.05) is 0 Å². The van der Waals surface area contributed by atoms with Crippen molar-refractivity contribution < 1.29 is 24.5 Å². The van der Waals surface area contributed by atoms with Crippen molar-refractivity contribution in [1.82, 2.24) is 5.32 Å². The number of rotatable bonds is 0. The molecule has 3 bridgehead atoms. The van der Waals surface area contributed by atoms with Crippen LogP contribution in [0.4, 0.5) is 0 Å². The van der Waals surface area contributed by atoms with Crippen LogP contribution in [0, 0.1) is 5.92 Å². The molecule has 2 saturated heterocycles. The summed E-state index contributed by atoms with van der Waals surface area (Å²) >= 11 is 0. The Morgan fingerprint density at radius 3 is 3.05 bits per heavy atom. The predicted octanol–water partition coefficient (Wildman–Crippen LogP) is -2.57. The molecular formula is C11H15N3O5. The molecule has 0 aromatic rings. The SMILES string of the molecule is C[C@]1(O)C[C@@H]2[C@@H]3N=C(N)N[C@]24[C@H](O3)C(=O)O[C@H]1[C@H]4O. The molecular weight excluding hydrogens is 254 g/mol. The zero-order valence-electron chi connectivity index (χ0n) is 10.2. The molecule has 0 unspecified atom stereocenters. The third-order valence-corrected chi connectivity index (χ3v) is 4.76. The normalized spacial score (nSPS) is 58.2. The maximum atomic E-state index is 12.0. The van der Waals surface area contributed by atoms with Crippen LogP contribution in [-0.4, -0.2) is 57.8 Å². The van der Waals surface area contributed by atoms with E-state index in [0.717, 1.165) is 0 Å². The van der Waals surface area contributed by atoms with Crippen LogP contribution >= 0.6 is 0 Å². The third-order valence-electron chi connectivity index (χ3n) is 4.76. The number of aliphatic hydroxyl groups excluding tert-OH is 1. The first-order valence-corrected chi connectivity index (χ1v) is 6.24. The van der Waals surface area contributed by atoms with E-state index in [1.165, 1.54) is 0 Å². The van der Waals surface area contributed by atoms with Gasteiger partial charge in [-0.2, -0.15) is 0 Å². The standard InChI is InChI=1S/C11H15N3O5/c1-10(17)2-3-7-13-9(12)14-11(3)4(15)5(10)19-8(16)6(11)18-7/h3-7,15,17H,2H2,1H3,(H3,12,13,14)/t3-,4-,5+,6-,7-,10+,11-/m1/s1. The van der Waals surface area contributed by atoms with Crippen molar-refractivity contribution in [3.63, 3.8) is 0 Å². The molecule has 1 spiro atoms. The molecule has 3 aliphatic heterocycles. The number of nitrogens with two attached hydrogens (primary N) is 1. The molecule has 0 amide bonds. The monoisotopic (exact) mass is 269 g/mol. The molecule has 7 atom stereocenters. The van der Waals surface area contributed by atoms with Crippen molar-refractivity contribution >= 4 is 11.9 Å². The summed E-state index contributed by atoms with van der Waals surface area (Å²) in [6.45, 7) is 1.54. The maximum Gasteiger partial charge on any atom is 0.338 e. The molecule has 1 saturated carbocycles. The van der Waals surface area contributed by atoms with E-state index in [1.54, 1.807) is 6.92 Å². The molecule has 3 fully saturated rings. The van der Waals surface area contributed by atoms with E-state index < -0.39 is 41.6 Å². The van der Waals surface area contributed by atoms with Crippen molar-refractivity contribution in [1.29, 1.82) is 0 Å². The first-order chi connectivity index (χ1) is 8.86. The second-order valence-electron chi connectivity index (χ2n) is 5.95. The Labute approximate surface area is 108 Å². The highest BCUT2D eigenvalue weighted by atomic mass is 16.6. The van der Waals surface area contributed by atoms with Crippen LogP contribution in [0.2, 0.25) is 0 Å². The van der Waals surface area contributed by atoms with Gasteiger partial charge >= 0.3 is 5.97 Å². The van der Waals surface area contributed by atoms with Gasteiger partial charge in [0.1, 0.15) is 17.2 Å². The first kappa shape index (κ1) is 11.4. The van der Waals surface area contributed by atoms with Gasteiger partial charge in [-0.25, -0.2) is 9.79 Å². The number of esters is 1. The molecule has 4 rings (SSSR count). The highest BCUT2D eigenvalue weighted by Gasteiger charge is 2.75. The minimum absolute atomic E-state index is 0.137. The van der Waals surface area contributed by atoms with Crippen LogP contribution in [0.1, 0.15) is 13.3 Å². The number of nitrogens with zero attached hydrogens (tertiary/aromatic N) is 1. The minimum atomic E-state index is -1.32. The third kappa shape index (κ3) is 1.11. The second-order valence-corrected chi connectivity index (χ2v) is 5.95. The lowest BCUT2D eigenvalue weighted by Gasteiger charge is -2.56. The van der Waals surface area contributed by atoms with Crippen LogP contribution in [0.5, 0.6) is 0 Å². The molecule has 4 aliphatic rings. The number of hydrogen-bond acceptors (Lipinski definition) is 8. The van der Waals surface area contributed by atoms with E-state index in [4.69, 9.17) is 15.2 Å². The van der Waals surface area contributed by atoms with E-state index >= 15 is 0 Å². The number of aliphatic imine (C=N–C) groups is 1. The summed E-state index contributed by atoms with van der Waals surface area (Å²) in [5.41, 5.74) is 3.34. The van der Waals surface area contributed by atoms with Gasteiger partial charge in [-0.1, -0.05) is 0 Å². The number of carbonyl (C=O) groups is 1. The van der Waals surface area contributed by atoms with Gasteiger partial charge in [0.05, 0.1) is 0 Å². The fourth-order valence-corrected chi connectivity index (χ4v) is 3.95. The minimum Gasteiger partial charge on any atom is -0.454 e. The second kappa shape index (κ2) is 3.02. The van der Waals surface area contributed by atoms with Crippen molar-refractivity contribution in [3.8, 4) is 0 Å². The van der Waals surface area contributed by atoms with E-state index in [2.05, 4.69) is 10.3 Å². The van der Waals surface area contributed by atoms with Gasteiger partial charge in [0.25, 0.3) is 0 Å². The Hall–Kier alpha value is -1.38.